The molecule has 1 rings (SSSR count). The van der Waals surface area contributed by atoms with E-state index >= 15 is 0 Å². The first-order valence-electron chi connectivity index (χ1n) is 6.39. The maximum absolute atomic E-state index is 11.4. The van der Waals surface area contributed by atoms with Crippen LogP contribution in [0.15, 0.2) is 10.5 Å². The van der Waals surface area contributed by atoms with Gasteiger partial charge in [0.2, 0.25) is 0 Å². The number of esters is 1. The number of aliphatic hydroxyl groups excluding tert-OH is 1. The van der Waals surface area contributed by atoms with Gasteiger partial charge in [0.05, 0.1) is 13.7 Å². The van der Waals surface area contributed by atoms with E-state index in [9.17, 15) is 4.79 Å². The van der Waals surface area contributed by atoms with Crippen LogP contribution < -0.4 is 5.32 Å². The number of aryl methyl sites for hydroxylation is 1. The van der Waals surface area contributed by atoms with Crippen LogP contribution in [0, 0.1) is 12.3 Å². The number of nitrogens with one attached hydrogen (secondary N) is 1. The molecule has 0 fully saturated rings. The quantitative estimate of drug-likeness (QED) is 0.739. The first-order valence-corrected chi connectivity index (χ1v) is 6.39. The molecule has 0 unspecified atom stereocenters. The molecule has 2 N–H and O–H groups in total. The maximum atomic E-state index is 11.4. The summed E-state index contributed by atoms with van der Waals surface area (Å²) in [5, 5.41) is 12.2. The Kier molecular flexibility index (Phi) is 5.57. The molecule has 1 aromatic rings. The number of hydrogen-bond donors (Lipinski definition) is 2. The zero-order valence-electron chi connectivity index (χ0n) is 12.1. The maximum Gasteiger partial charge on any atom is 0.341 e. The van der Waals surface area contributed by atoms with E-state index in [0.717, 1.165) is 13.0 Å². The minimum absolute atomic E-state index is 0.0293. The highest BCUT2D eigenvalue weighted by Crippen LogP contribution is 2.19. The van der Waals surface area contributed by atoms with Crippen LogP contribution in [0.4, 0.5) is 0 Å². The van der Waals surface area contributed by atoms with Crippen molar-refractivity contribution < 1.29 is 19.1 Å². The zero-order chi connectivity index (χ0) is 14.5. The van der Waals surface area contributed by atoms with E-state index in [1.54, 1.807) is 13.0 Å². The lowest BCUT2D eigenvalue weighted by atomic mass is 9.90. The number of carbonyl (C=O) groups excluding carboxylic acids is 1. The Balaban J connectivity index is 2.53. The first-order chi connectivity index (χ1) is 8.89. The van der Waals surface area contributed by atoms with Gasteiger partial charge in [0.15, 0.2) is 0 Å². The van der Waals surface area contributed by atoms with Crippen LogP contribution in [0.5, 0.6) is 0 Å². The van der Waals surface area contributed by atoms with Crippen molar-refractivity contribution in [2.75, 3.05) is 20.3 Å². The van der Waals surface area contributed by atoms with Crippen molar-refractivity contribution in [3.63, 3.8) is 0 Å². The van der Waals surface area contributed by atoms with E-state index < -0.39 is 0 Å². The monoisotopic (exact) mass is 269 g/mol. The summed E-state index contributed by atoms with van der Waals surface area (Å²) in [7, 11) is 1.35. The van der Waals surface area contributed by atoms with Crippen molar-refractivity contribution in [3.8, 4) is 0 Å². The average Bonchev–Trinajstić information content (AvgIpc) is 2.69. The topological polar surface area (TPSA) is 71.7 Å². The standard InChI is InChI=1S/C14H23NO4/c1-10-12(13(17)18-4)7-11(19-10)8-15-9-14(2,3)5-6-16/h7,15-16H,5-6,8-9H2,1-4H3. The number of hydrogen-bond acceptors (Lipinski definition) is 5. The first kappa shape index (κ1) is 15.7. The van der Waals surface area contributed by atoms with Crippen molar-refractivity contribution in [1.29, 1.82) is 0 Å². The summed E-state index contributed by atoms with van der Waals surface area (Å²) in [6.45, 7) is 7.41. The third-order valence-electron chi connectivity index (χ3n) is 3.07. The Morgan fingerprint density at radius 1 is 1.53 bits per heavy atom. The third-order valence-corrected chi connectivity index (χ3v) is 3.07. The number of methoxy groups -OCH3 is 1. The highest BCUT2D eigenvalue weighted by molar-refractivity contribution is 5.90. The van der Waals surface area contributed by atoms with Crippen LogP contribution >= 0.6 is 0 Å². The molecule has 1 heterocycles. The highest BCUT2D eigenvalue weighted by Gasteiger charge is 2.18. The molecule has 0 aliphatic heterocycles. The van der Waals surface area contributed by atoms with Crippen LogP contribution in [0.2, 0.25) is 0 Å². The molecule has 0 bridgehead atoms. The van der Waals surface area contributed by atoms with Gasteiger partial charge in [0, 0.05) is 13.2 Å². The Bertz CT molecular complexity index is 423. The number of aliphatic hydroxyl groups is 1. The van der Waals surface area contributed by atoms with Crippen LogP contribution in [-0.2, 0) is 11.3 Å². The molecule has 0 saturated heterocycles. The van der Waals surface area contributed by atoms with Gasteiger partial charge < -0.3 is 19.6 Å². The van der Waals surface area contributed by atoms with E-state index in [-0.39, 0.29) is 18.0 Å². The van der Waals surface area contributed by atoms with Crippen molar-refractivity contribution >= 4 is 5.97 Å². The van der Waals surface area contributed by atoms with Crippen LogP contribution in [0.3, 0.4) is 0 Å². The van der Waals surface area contributed by atoms with Gasteiger partial charge in [0.1, 0.15) is 17.1 Å². The Morgan fingerprint density at radius 3 is 2.79 bits per heavy atom. The third kappa shape index (κ3) is 4.69. The minimum atomic E-state index is -0.381. The Labute approximate surface area is 113 Å². The molecule has 0 amide bonds. The lowest BCUT2D eigenvalue weighted by molar-refractivity contribution is 0.0599. The number of ether oxygens (including phenoxy) is 1. The van der Waals surface area contributed by atoms with Crippen molar-refractivity contribution in [2.24, 2.45) is 5.41 Å². The summed E-state index contributed by atoms with van der Waals surface area (Å²) in [5.74, 6) is 0.893. The molecule has 19 heavy (non-hydrogen) atoms. The molecule has 0 atom stereocenters. The van der Waals surface area contributed by atoms with Crippen molar-refractivity contribution in [2.45, 2.75) is 33.7 Å². The Morgan fingerprint density at radius 2 is 2.21 bits per heavy atom. The van der Waals surface area contributed by atoms with Gasteiger partial charge in [-0.1, -0.05) is 13.8 Å². The van der Waals surface area contributed by atoms with E-state index in [1.165, 1.54) is 7.11 Å². The van der Waals surface area contributed by atoms with Gasteiger partial charge in [-0.15, -0.1) is 0 Å². The molecular formula is C14H23NO4. The molecular weight excluding hydrogens is 246 g/mol. The molecule has 108 valence electrons. The molecule has 0 aliphatic rings. The number of rotatable bonds is 7. The van der Waals surface area contributed by atoms with Crippen LogP contribution in [-0.4, -0.2) is 31.3 Å². The van der Waals surface area contributed by atoms with Crippen molar-refractivity contribution in [3.05, 3.63) is 23.2 Å². The predicted molar refractivity (Wildman–Crippen MR) is 72.0 cm³/mol. The van der Waals surface area contributed by atoms with Crippen molar-refractivity contribution in [1.82, 2.24) is 5.32 Å². The largest absolute Gasteiger partial charge is 0.465 e. The number of carbonyl (C=O) groups is 1. The van der Waals surface area contributed by atoms with Gasteiger partial charge >= 0.3 is 5.97 Å². The molecule has 0 aliphatic carbocycles. The van der Waals surface area contributed by atoms with E-state index in [0.29, 0.717) is 23.6 Å². The molecule has 5 heteroatoms. The fourth-order valence-electron chi connectivity index (χ4n) is 1.86. The van der Waals surface area contributed by atoms with E-state index in [1.807, 2.05) is 0 Å². The molecule has 0 aromatic carbocycles. The summed E-state index contributed by atoms with van der Waals surface area (Å²) in [5.41, 5.74) is 0.496. The van der Waals surface area contributed by atoms with Crippen LogP contribution in [0.1, 0.15) is 42.1 Å². The van der Waals surface area contributed by atoms with E-state index in [4.69, 9.17) is 9.52 Å². The molecule has 1 aromatic heterocycles. The molecule has 0 saturated carbocycles. The summed E-state index contributed by atoms with van der Waals surface area (Å²) in [4.78, 5) is 11.4. The zero-order valence-corrected chi connectivity index (χ0v) is 12.1. The predicted octanol–water partition coefficient (Wildman–Crippen LogP) is 1.87. The summed E-state index contributed by atoms with van der Waals surface area (Å²) >= 11 is 0. The van der Waals surface area contributed by atoms with Gasteiger partial charge in [0.25, 0.3) is 0 Å². The smallest absolute Gasteiger partial charge is 0.341 e. The van der Waals surface area contributed by atoms with E-state index in [2.05, 4.69) is 23.9 Å². The minimum Gasteiger partial charge on any atom is -0.465 e. The van der Waals surface area contributed by atoms with Crippen LogP contribution in [0.25, 0.3) is 0 Å². The lowest BCUT2D eigenvalue weighted by Crippen LogP contribution is -2.29. The van der Waals surface area contributed by atoms with Gasteiger partial charge in [-0.25, -0.2) is 4.79 Å². The SMILES string of the molecule is COC(=O)c1cc(CNCC(C)(C)CCO)oc1C. The number of furan rings is 1. The van der Waals surface area contributed by atoms with Gasteiger partial charge in [-0.2, -0.15) is 0 Å². The average molecular weight is 269 g/mol. The second-order valence-electron chi connectivity index (χ2n) is 5.42. The summed E-state index contributed by atoms with van der Waals surface area (Å²) < 4.78 is 10.2. The molecule has 0 radical (unpaired) electrons. The van der Waals surface area contributed by atoms with Gasteiger partial charge in [-0.05, 0) is 24.8 Å². The highest BCUT2D eigenvalue weighted by atomic mass is 16.5. The second-order valence-corrected chi connectivity index (χ2v) is 5.42. The fraction of sp³-hybridized carbons (Fsp3) is 0.643. The normalized spacial score (nSPS) is 11.6. The summed E-state index contributed by atoms with van der Waals surface area (Å²) in [6.07, 6.45) is 0.741. The second kappa shape index (κ2) is 6.73. The molecule has 5 nitrogen and oxygen atoms in total. The summed E-state index contributed by atoms with van der Waals surface area (Å²) in [6, 6.07) is 1.70. The molecule has 0 spiro atoms. The fourth-order valence-corrected chi connectivity index (χ4v) is 1.86. The Hall–Kier alpha value is -1.33. The van der Waals surface area contributed by atoms with Gasteiger partial charge in [-0.3, -0.25) is 0 Å². The lowest BCUT2D eigenvalue weighted by Gasteiger charge is -2.23.